The predicted molar refractivity (Wildman–Crippen MR) is 60.7 cm³/mol. The van der Waals surface area contributed by atoms with Crippen molar-refractivity contribution in [3.05, 3.63) is 35.4 Å². The maximum Gasteiger partial charge on any atom is 0.261 e. The van der Waals surface area contributed by atoms with E-state index < -0.39 is 0 Å². The Labute approximate surface area is 99.2 Å². The van der Waals surface area contributed by atoms with Gasteiger partial charge >= 0.3 is 0 Å². The molecule has 88 valence electrons. The highest BCUT2D eigenvalue weighted by atomic mass is 16.5. The second-order valence-corrected chi connectivity index (χ2v) is 4.54. The van der Waals surface area contributed by atoms with Gasteiger partial charge in [0, 0.05) is 19.1 Å². The van der Waals surface area contributed by atoms with Gasteiger partial charge in [0.05, 0.1) is 17.7 Å². The zero-order valence-corrected chi connectivity index (χ0v) is 9.55. The van der Waals surface area contributed by atoms with Crippen molar-refractivity contribution in [2.75, 3.05) is 13.7 Å². The summed E-state index contributed by atoms with van der Waals surface area (Å²) in [6.07, 6.45) is 0.860. The Morgan fingerprint density at radius 2 is 1.82 bits per heavy atom. The third-order valence-corrected chi connectivity index (χ3v) is 3.42. The average molecular weight is 231 g/mol. The first-order chi connectivity index (χ1) is 8.24. The van der Waals surface area contributed by atoms with Crippen molar-refractivity contribution in [2.45, 2.75) is 12.5 Å². The Morgan fingerprint density at radius 3 is 2.35 bits per heavy atom. The first-order valence-electron chi connectivity index (χ1n) is 5.70. The molecule has 1 aromatic carbocycles. The summed E-state index contributed by atoms with van der Waals surface area (Å²) < 4.78 is 5.05. The molecule has 1 saturated carbocycles. The van der Waals surface area contributed by atoms with Crippen molar-refractivity contribution >= 4 is 11.8 Å². The zero-order valence-electron chi connectivity index (χ0n) is 9.55. The summed E-state index contributed by atoms with van der Waals surface area (Å²) in [4.78, 5) is 25.6. The van der Waals surface area contributed by atoms with E-state index in [-0.39, 0.29) is 17.9 Å². The van der Waals surface area contributed by atoms with Crippen LogP contribution in [-0.2, 0) is 4.74 Å². The number of hydrogen-bond donors (Lipinski definition) is 0. The molecule has 0 saturated heterocycles. The molecule has 1 aromatic rings. The van der Waals surface area contributed by atoms with Crippen LogP contribution < -0.4 is 0 Å². The summed E-state index contributed by atoms with van der Waals surface area (Å²) in [7, 11) is 1.64. The number of amides is 2. The molecular weight excluding hydrogens is 218 g/mol. The average Bonchev–Trinajstić information content (AvgIpc) is 3.03. The normalized spacial score (nSPS) is 26.3. The Hall–Kier alpha value is -1.68. The second-order valence-electron chi connectivity index (χ2n) is 4.54. The van der Waals surface area contributed by atoms with Crippen LogP contribution in [-0.4, -0.2) is 36.5 Å². The van der Waals surface area contributed by atoms with Crippen LogP contribution in [0, 0.1) is 5.92 Å². The zero-order chi connectivity index (χ0) is 12.0. The van der Waals surface area contributed by atoms with Crippen LogP contribution in [0.5, 0.6) is 0 Å². The molecule has 2 amide bonds. The first-order valence-corrected chi connectivity index (χ1v) is 5.70. The Balaban J connectivity index is 1.87. The molecule has 1 fully saturated rings. The van der Waals surface area contributed by atoms with E-state index in [0.717, 1.165) is 6.42 Å². The molecule has 2 aliphatic rings. The van der Waals surface area contributed by atoms with Crippen molar-refractivity contribution in [3.8, 4) is 0 Å². The van der Waals surface area contributed by atoms with Crippen molar-refractivity contribution in [1.82, 2.24) is 4.90 Å². The van der Waals surface area contributed by atoms with Crippen LogP contribution >= 0.6 is 0 Å². The first kappa shape index (κ1) is 10.5. The third-order valence-electron chi connectivity index (χ3n) is 3.42. The Kier molecular flexibility index (Phi) is 2.26. The number of benzene rings is 1. The number of carbonyl (C=O) groups is 2. The highest BCUT2D eigenvalue weighted by molar-refractivity contribution is 6.21. The topological polar surface area (TPSA) is 46.6 Å². The Morgan fingerprint density at radius 1 is 1.24 bits per heavy atom. The number of fused-ring (bicyclic) bond motifs is 1. The van der Waals surface area contributed by atoms with Gasteiger partial charge in [-0.25, -0.2) is 0 Å². The second kappa shape index (κ2) is 3.67. The van der Waals surface area contributed by atoms with E-state index in [2.05, 4.69) is 0 Å². The van der Waals surface area contributed by atoms with E-state index >= 15 is 0 Å². The van der Waals surface area contributed by atoms with Gasteiger partial charge in [0.15, 0.2) is 0 Å². The van der Waals surface area contributed by atoms with Crippen molar-refractivity contribution in [1.29, 1.82) is 0 Å². The highest BCUT2D eigenvalue weighted by Gasteiger charge is 2.50. The molecule has 0 unspecified atom stereocenters. The van der Waals surface area contributed by atoms with Crippen LogP contribution in [0.2, 0.25) is 0 Å². The molecule has 4 heteroatoms. The minimum atomic E-state index is -0.158. The van der Waals surface area contributed by atoms with Crippen molar-refractivity contribution < 1.29 is 14.3 Å². The fraction of sp³-hybridized carbons (Fsp3) is 0.385. The smallest absolute Gasteiger partial charge is 0.261 e. The summed E-state index contributed by atoms with van der Waals surface area (Å²) in [6, 6.07) is 7.02. The molecule has 1 aliphatic heterocycles. The fourth-order valence-corrected chi connectivity index (χ4v) is 2.45. The predicted octanol–water partition coefficient (Wildman–Crippen LogP) is 1.32. The number of carbonyl (C=O) groups excluding carboxylic acids is 2. The monoisotopic (exact) mass is 231 g/mol. The lowest BCUT2D eigenvalue weighted by molar-refractivity contribution is 0.0623. The number of hydrogen-bond acceptors (Lipinski definition) is 3. The summed E-state index contributed by atoms with van der Waals surface area (Å²) in [6.45, 7) is 0.609. The lowest BCUT2D eigenvalue weighted by atomic mass is 10.1. The van der Waals surface area contributed by atoms with Gasteiger partial charge < -0.3 is 4.74 Å². The van der Waals surface area contributed by atoms with E-state index in [0.29, 0.717) is 23.7 Å². The van der Waals surface area contributed by atoms with Crippen molar-refractivity contribution in [2.24, 2.45) is 5.92 Å². The van der Waals surface area contributed by atoms with E-state index in [9.17, 15) is 9.59 Å². The van der Waals surface area contributed by atoms with Gasteiger partial charge in [-0.2, -0.15) is 0 Å². The molecular formula is C13H13NO3. The number of nitrogens with zero attached hydrogens (tertiary/aromatic N) is 1. The molecule has 0 radical (unpaired) electrons. The van der Waals surface area contributed by atoms with Crippen molar-refractivity contribution in [3.63, 3.8) is 0 Å². The number of imide groups is 1. The molecule has 0 aromatic heterocycles. The summed E-state index contributed by atoms with van der Waals surface area (Å²) in [5.74, 6) is -0.00869. The standard InChI is InChI=1S/C13H13NO3/c1-17-7-8-6-11(8)14-12(15)9-4-2-3-5-10(9)13(14)16/h2-5,8,11H,6-7H2,1H3/t8-,11+/m1/s1. The van der Waals surface area contributed by atoms with Gasteiger partial charge in [-0.15, -0.1) is 0 Å². The van der Waals surface area contributed by atoms with Gasteiger partial charge in [0.25, 0.3) is 11.8 Å². The van der Waals surface area contributed by atoms with Gasteiger partial charge in [0.2, 0.25) is 0 Å². The quantitative estimate of drug-likeness (QED) is 0.737. The SMILES string of the molecule is COC[C@H]1C[C@@H]1N1C(=O)c2ccccc2C1=O. The molecule has 1 heterocycles. The number of methoxy groups -OCH3 is 1. The molecule has 17 heavy (non-hydrogen) atoms. The van der Waals surface area contributed by atoms with E-state index in [1.807, 2.05) is 0 Å². The van der Waals surface area contributed by atoms with Gasteiger partial charge in [-0.3, -0.25) is 14.5 Å². The number of ether oxygens (including phenoxy) is 1. The molecule has 3 rings (SSSR count). The largest absolute Gasteiger partial charge is 0.384 e. The number of rotatable bonds is 3. The summed E-state index contributed by atoms with van der Waals surface area (Å²) >= 11 is 0. The maximum atomic E-state index is 12.1. The summed E-state index contributed by atoms with van der Waals surface area (Å²) in [5, 5.41) is 0. The van der Waals surface area contributed by atoms with E-state index in [1.165, 1.54) is 4.90 Å². The third kappa shape index (κ3) is 1.48. The molecule has 0 bridgehead atoms. The van der Waals surface area contributed by atoms with Crippen LogP contribution in [0.4, 0.5) is 0 Å². The lowest BCUT2D eigenvalue weighted by Gasteiger charge is -2.13. The lowest BCUT2D eigenvalue weighted by Crippen LogP contribution is -2.33. The van der Waals surface area contributed by atoms with Gasteiger partial charge in [-0.05, 0) is 18.6 Å². The molecule has 0 spiro atoms. The minimum Gasteiger partial charge on any atom is -0.384 e. The Bertz CT molecular complexity index is 462. The molecule has 1 aliphatic carbocycles. The van der Waals surface area contributed by atoms with E-state index in [1.54, 1.807) is 31.4 Å². The summed E-state index contributed by atoms with van der Waals surface area (Å²) in [5.41, 5.74) is 1.06. The maximum absolute atomic E-state index is 12.1. The van der Waals surface area contributed by atoms with Crippen LogP contribution in [0.15, 0.2) is 24.3 Å². The highest BCUT2D eigenvalue weighted by Crippen LogP contribution is 2.40. The molecule has 2 atom stereocenters. The van der Waals surface area contributed by atoms with Crippen LogP contribution in [0.3, 0.4) is 0 Å². The van der Waals surface area contributed by atoms with E-state index in [4.69, 9.17) is 4.74 Å². The molecule has 4 nitrogen and oxygen atoms in total. The fourth-order valence-electron chi connectivity index (χ4n) is 2.45. The molecule has 0 N–H and O–H groups in total. The van der Waals surface area contributed by atoms with Gasteiger partial charge in [0.1, 0.15) is 0 Å². The van der Waals surface area contributed by atoms with Crippen LogP contribution in [0.25, 0.3) is 0 Å². The van der Waals surface area contributed by atoms with Crippen LogP contribution in [0.1, 0.15) is 27.1 Å². The van der Waals surface area contributed by atoms with Gasteiger partial charge in [-0.1, -0.05) is 12.1 Å². The minimum absolute atomic E-state index is 0.0300.